The monoisotopic (exact) mass is 259 g/mol. The maximum absolute atomic E-state index is 6.33. The second-order valence-electron chi connectivity index (χ2n) is 6.10. The van der Waals surface area contributed by atoms with E-state index in [9.17, 15) is 0 Å². The van der Waals surface area contributed by atoms with Crippen molar-refractivity contribution in [2.75, 3.05) is 11.9 Å². The Morgan fingerprint density at radius 2 is 2.11 bits per heavy atom. The second kappa shape index (κ2) is 5.54. The zero-order valence-electron chi connectivity index (χ0n) is 12.0. The highest BCUT2D eigenvalue weighted by Gasteiger charge is 2.41. The van der Waals surface area contributed by atoms with E-state index in [1.165, 1.54) is 49.8 Å². The fraction of sp³-hybridized carbons (Fsp3) is 0.647. The fourth-order valence-corrected chi connectivity index (χ4v) is 3.56. The Labute approximate surface area is 116 Å². The molecule has 2 nitrogen and oxygen atoms in total. The molecule has 3 rings (SSSR count). The normalized spacial score (nSPS) is 25.0. The standard InChI is InChI=1S/C17H25NO/c1-2-14-6-5-7-15(12-14)18-13-16-8-11-17(19-16)9-3-4-10-17/h5-7,12,16,18H,2-4,8-11,13H2,1H3. The van der Waals surface area contributed by atoms with E-state index in [4.69, 9.17) is 4.74 Å². The molecule has 1 aliphatic heterocycles. The molecule has 1 unspecified atom stereocenters. The molecule has 2 aliphatic rings. The van der Waals surface area contributed by atoms with Crippen molar-refractivity contribution in [2.24, 2.45) is 0 Å². The van der Waals surface area contributed by atoms with Crippen molar-refractivity contribution in [3.8, 4) is 0 Å². The second-order valence-corrected chi connectivity index (χ2v) is 6.10. The minimum atomic E-state index is 0.262. The van der Waals surface area contributed by atoms with Crippen LogP contribution in [0.1, 0.15) is 51.0 Å². The Morgan fingerprint density at radius 1 is 1.26 bits per heavy atom. The van der Waals surface area contributed by atoms with Gasteiger partial charge in [-0.2, -0.15) is 0 Å². The average molecular weight is 259 g/mol. The van der Waals surface area contributed by atoms with Crippen LogP contribution in [0, 0.1) is 0 Å². The Bertz CT molecular complexity index is 423. The number of ether oxygens (including phenoxy) is 1. The van der Waals surface area contributed by atoms with Crippen LogP contribution in [0.5, 0.6) is 0 Å². The zero-order chi connectivity index (χ0) is 13.1. The zero-order valence-corrected chi connectivity index (χ0v) is 12.0. The Kier molecular flexibility index (Phi) is 3.79. The summed E-state index contributed by atoms with van der Waals surface area (Å²) >= 11 is 0. The lowest BCUT2D eigenvalue weighted by Gasteiger charge is -2.24. The van der Waals surface area contributed by atoms with E-state index >= 15 is 0 Å². The van der Waals surface area contributed by atoms with Gasteiger partial charge in [0.2, 0.25) is 0 Å². The summed E-state index contributed by atoms with van der Waals surface area (Å²) < 4.78 is 6.33. The molecule has 0 radical (unpaired) electrons. The van der Waals surface area contributed by atoms with Crippen LogP contribution in [0.2, 0.25) is 0 Å². The molecule has 0 amide bonds. The third-order valence-electron chi connectivity index (χ3n) is 4.72. The van der Waals surface area contributed by atoms with Crippen LogP contribution >= 0.6 is 0 Å². The van der Waals surface area contributed by atoms with E-state index in [1.54, 1.807) is 0 Å². The molecule has 1 atom stereocenters. The van der Waals surface area contributed by atoms with Gasteiger partial charge < -0.3 is 10.1 Å². The van der Waals surface area contributed by atoms with E-state index in [0.717, 1.165) is 13.0 Å². The summed E-state index contributed by atoms with van der Waals surface area (Å²) in [6.07, 6.45) is 9.29. The molecule has 104 valence electrons. The molecule has 0 bridgehead atoms. The first-order valence-corrected chi connectivity index (χ1v) is 7.80. The molecule has 1 aliphatic carbocycles. The Morgan fingerprint density at radius 3 is 2.89 bits per heavy atom. The van der Waals surface area contributed by atoms with Crippen LogP contribution in [0.25, 0.3) is 0 Å². The van der Waals surface area contributed by atoms with E-state index in [-0.39, 0.29) is 5.60 Å². The van der Waals surface area contributed by atoms with E-state index in [0.29, 0.717) is 6.10 Å². The van der Waals surface area contributed by atoms with Gasteiger partial charge >= 0.3 is 0 Å². The van der Waals surface area contributed by atoms with Crippen molar-refractivity contribution >= 4 is 5.69 Å². The van der Waals surface area contributed by atoms with Crippen LogP contribution < -0.4 is 5.32 Å². The SMILES string of the molecule is CCc1cccc(NCC2CCC3(CCCC3)O2)c1. The molecule has 1 saturated heterocycles. The molecule has 1 saturated carbocycles. The maximum Gasteiger partial charge on any atom is 0.0756 e. The predicted molar refractivity (Wildman–Crippen MR) is 79.6 cm³/mol. The number of aryl methyl sites for hydroxylation is 1. The fourth-order valence-electron chi connectivity index (χ4n) is 3.56. The maximum atomic E-state index is 6.33. The van der Waals surface area contributed by atoms with Gasteiger partial charge in [-0.05, 0) is 49.8 Å². The molecule has 1 aromatic rings. The van der Waals surface area contributed by atoms with Gasteiger partial charge in [0, 0.05) is 12.2 Å². The topological polar surface area (TPSA) is 21.3 Å². The average Bonchev–Trinajstić information content (AvgIpc) is 3.08. The van der Waals surface area contributed by atoms with Gasteiger partial charge in [-0.25, -0.2) is 0 Å². The van der Waals surface area contributed by atoms with Gasteiger partial charge in [-0.15, -0.1) is 0 Å². The summed E-state index contributed by atoms with van der Waals surface area (Å²) in [4.78, 5) is 0. The minimum Gasteiger partial charge on any atom is -0.382 e. The summed E-state index contributed by atoms with van der Waals surface area (Å²) in [5, 5.41) is 3.54. The van der Waals surface area contributed by atoms with Crippen LogP contribution in [-0.4, -0.2) is 18.2 Å². The molecule has 2 heteroatoms. The van der Waals surface area contributed by atoms with Gasteiger partial charge in [0.1, 0.15) is 0 Å². The summed E-state index contributed by atoms with van der Waals surface area (Å²) in [6, 6.07) is 8.72. The quantitative estimate of drug-likeness (QED) is 0.877. The third-order valence-corrected chi connectivity index (χ3v) is 4.72. The van der Waals surface area contributed by atoms with E-state index in [1.807, 2.05) is 0 Å². The summed E-state index contributed by atoms with van der Waals surface area (Å²) in [6.45, 7) is 3.15. The number of anilines is 1. The van der Waals surface area contributed by atoms with Crippen molar-refractivity contribution in [1.29, 1.82) is 0 Å². The molecule has 1 aromatic carbocycles. The number of nitrogens with one attached hydrogen (secondary N) is 1. The predicted octanol–water partition coefficient (Wildman–Crippen LogP) is 4.15. The number of rotatable bonds is 4. The third kappa shape index (κ3) is 2.94. The van der Waals surface area contributed by atoms with Gasteiger partial charge in [0.05, 0.1) is 11.7 Å². The molecule has 0 aromatic heterocycles. The van der Waals surface area contributed by atoms with Crippen molar-refractivity contribution in [1.82, 2.24) is 0 Å². The lowest BCUT2D eigenvalue weighted by Crippen LogP contribution is -2.27. The van der Waals surface area contributed by atoms with Crippen molar-refractivity contribution in [2.45, 2.75) is 63.6 Å². The van der Waals surface area contributed by atoms with Gasteiger partial charge in [0.15, 0.2) is 0 Å². The van der Waals surface area contributed by atoms with Crippen LogP contribution in [-0.2, 0) is 11.2 Å². The van der Waals surface area contributed by atoms with Crippen LogP contribution in [0.15, 0.2) is 24.3 Å². The van der Waals surface area contributed by atoms with E-state index < -0.39 is 0 Å². The Balaban J connectivity index is 1.52. The molecule has 1 spiro atoms. The van der Waals surface area contributed by atoms with Crippen molar-refractivity contribution in [3.05, 3.63) is 29.8 Å². The summed E-state index contributed by atoms with van der Waals surface area (Å²) in [5.41, 5.74) is 2.89. The highest BCUT2D eigenvalue weighted by atomic mass is 16.5. The summed E-state index contributed by atoms with van der Waals surface area (Å²) in [7, 11) is 0. The first kappa shape index (κ1) is 13.0. The lowest BCUT2D eigenvalue weighted by atomic mass is 9.98. The largest absolute Gasteiger partial charge is 0.382 e. The van der Waals surface area contributed by atoms with Crippen molar-refractivity contribution in [3.63, 3.8) is 0 Å². The van der Waals surface area contributed by atoms with Gasteiger partial charge in [-0.1, -0.05) is 31.9 Å². The molecular weight excluding hydrogens is 234 g/mol. The van der Waals surface area contributed by atoms with Gasteiger partial charge in [-0.3, -0.25) is 0 Å². The highest BCUT2D eigenvalue weighted by molar-refractivity contribution is 5.45. The number of hydrogen-bond acceptors (Lipinski definition) is 2. The van der Waals surface area contributed by atoms with Gasteiger partial charge in [0.25, 0.3) is 0 Å². The van der Waals surface area contributed by atoms with Crippen molar-refractivity contribution < 1.29 is 4.74 Å². The Hall–Kier alpha value is -1.02. The minimum absolute atomic E-state index is 0.262. The number of hydrogen-bond donors (Lipinski definition) is 1. The first-order valence-electron chi connectivity index (χ1n) is 7.80. The molecule has 19 heavy (non-hydrogen) atoms. The van der Waals surface area contributed by atoms with E-state index in [2.05, 4.69) is 36.5 Å². The lowest BCUT2D eigenvalue weighted by molar-refractivity contribution is -0.0307. The molecule has 2 fully saturated rings. The first-order chi connectivity index (χ1) is 9.30. The van der Waals surface area contributed by atoms with Crippen LogP contribution in [0.4, 0.5) is 5.69 Å². The van der Waals surface area contributed by atoms with Crippen LogP contribution in [0.3, 0.4) is 0 Å². The molecule has 1 N–H and O–H groups in total. The highest BCUT2D eigenvalue weighted by Crippen LogP contribution is 2.43. The molecule has 1 heterocycles. The summed E-state index contributed by atoms with van der Waals surface area (Å²) in [5.74, 6) is 0. The molecular formula is C17H25NO. The number of benzene rings is 1. The smallest absolute Gasteiger partial charge is 0.0756 e.